The summed E-state index contributed by atoms with van der Waals surface area (Å²) in [5.74, 6) is 1.59. The van der Waals surface area contributed by atoms with Gasteiger partial charge in [0.05, 0.1) is 25.2 Å². The van der Waals surface area contributed by atoms with E-state index in [1.165, 1.54) is 7.11 Å². The third kappa shape index (κ3) is 3.31. The monoisotopic (exact) mass is 303 g/mol. The molecule has 1 saturated carbocycles. The Hall–Kier alpha value is -2.14. The van der Waals surface area contributed by atoms with E-state index in [9.17, 15) is 4.79 Å². The van der Waals surface area contributed by atoms with Crippen molar-refractivity contribution in [2.24, 2.45) is 0 Å². The van der Waals surface area contributed by atoms with Crippen LogP contribution >= 0.6 is 11.6 Å². The van der Waals surface area contributed by atoms with Gasteiger partial charge in [-0.1, -0.05) is 11.6 Å². The molecule has 0 spiro atoms. The summed E-state index contributed by atoms with van der Waals surface area (Å²) in [6.45, 7) is 0. The summed E-state index contributed by atoms with van der Waals surface area (Å²) in [5, 5.41) is 3.19. The Morgan fingerprint density at radius 3 is 2.62 bits per heavy atom. The first-order valence-electron chi connectivity index (χ1n) is 6.63. The predicted molar refractivity (Wildman–Crippen MR) is 80.0 cm³/mol. The molecule has 0 saturated heterocycles. The van der Waals surface area contributed by atoms with E-state index in [4.69, 9.17) is 16.3 Å². The molecular formula is C15H14ClN3O2. The number of benzene rings is 1. The summed E-state index contributed by atoms with van der Waals surface area (Å²) in [7, 11) is 1.53. The van der Waals surface area contributed by atoms with Gasteiger partial charge in [0, 0.05) is 16.5 Å². The molecule has 21 heavy (non-hydrogen) atoms. The van der Waals surface area contributed by atoms with E-state index in [0.717, 1.165) is 18.7 Å². The van der Waals surface area contributed by atoms with Crippen molar-refractivity contribution in [2.75, 3.05) is 12.4 Å². The normalized spacial score (nSPS) is 13.8. The molecule has 1 aromatic heterocycles. The number of halogens is 1. The van der Waals surface area contributed by atoms with Crippen LogP contribution in [0.2, 0.25) is 5.02 Å². The molecule has 0 bridgehead atoms. The van der Waals surface area contributed by atoms with Crippen LogP contribution < -0.4 is 10.1 Å². The van der Waals surface area contributed by atoms with Crippen LogP contribution in [0.15, 0.2) is 30.6 Å². The third-order valence-corrected chi connectivity index (χ3v) is 3.46. The highest BCUT2D eigenvalue weighted by atomic mass is 35.5. The standard InChI is InChI=1S/C15H14ClN3O2/c1-21-13-5-10(4-11(16)6-13)15(20)19-12-7-17-14(18-8-12)9-2-3-9/h4-9H,2-3H2,1H3,(H,19,20). The zero-order valence-corrected chi connectivity index (χ0v) is 12.2. The van der Waals surface area contributed by atoms with E-state index in [-0.39, 0.29) is 5.91 Å². The average molecular weight is 304 g/mol. The van der Waals surface area contributed by atoms with Gasteiger partial charge in [-0.2, -0.15) is 0 Å². The first kappa shape index (κ1) is 13.8. The molecule has 6 heteroatoms. The molecule has 108 valence electrons. The van der Waals surface area contributed by atoms with Gasteiger partial charge < -0.3 is 10.1 Å². The van der Waals surface area contributed by atoms with Gasteiger partial charge in [-0.15, -0.1) is 0 Å². The zero-order chi connectivity index (χ0) is 14.8. The maximum atomic E-state index is 12.2. The lowest BCUT2D eigenvalue weighted by Gasteiger charge is -2.07. The summed E-state index contributed by atoms with van der Waals surface area (Å²) in [6, 6.07) is 4.85. The van der Waals surface area contributed by atoms with Crippen molar-refractivity contribution in [3.63, 3.8) is 0 Å². The van der Waals surface area contributed by atoms with Gasteiger partial charge in [0.2, 0.25) is 0 Å². The van der Waals surface area contributed by atoms with Crippen LogP contribution in [0.25, 0.3) is 0 Å². The fraction of sp³-hybridized carbons (Fsp3) is 0.267. The molecule has 3 rings (SSSR count). The number of amides is 1. The highest BCUT2D eigenvalue weighted by molar-refractivity contribution is 6.31. The topological polar surface area (TPSA) is 64.1 Å². The molecule has 0 radical (unpaired) electrons. The first-order valence-corrected chi connectivity index (χ1v) is 7.01. The number of ether oxygens (including phenoxy) is 1. The Kier molecular flexibility index (Phi) is 3.75. The SMILES string of the molecule is COc1cc(Cl)cc(C(=O)Nc2cnc(C3CC3)nc2)c1. The Bertz CT molecular complexity index is 669. The number of aromatic nitrogens is 2. The van der Waals surface area contributed by atoms with E-state index in [1.807, 2.05) is 0 Å². The van der Waals surface area contributed by atoms with Gasteiger partial charge in [-0.3, -0.25) is 4.79 Å². The molecule has 5 nitrogen and oxygen atoms in total. The fourth-order valence-corrected chi connectivity index (χ4v) is 2.19. The summed E-state index contributed by atoms with van der Waals surface area (Å²) in [5.41, 5.74) is 0.981. The van der Waals surface area contributed by atoms with Crippen molar-refractivity contribution in [3.05, 3.63) is 47.0 Å². The van der Waals surface area contributed by atoms with Crippen LogP contribution in [0.4, 0.5) is 5.69 Å². The Balaban J connectivity index is 1.74. The number of carbonyl (C=O) groups is 1. The minimum absolute atomic E-state index is 0.279. The Morgan fingerprint density at radius 1 is 1.29 bits per heavy atom. The van der Waals surface area contributed by atoms with E-state index in [2.05, 4.69) is 15.3 Å². The second-order valence-corrected chi connectivity index (χ2v) is 5.37. The van der Waals surface area contributed by atoms with E-state index in [1.54, 1.807) is 30.6 Å². The molecule has 1 aliphatic carbocycles. The van der Waals surface area contributed by atoms with Crippen molar-refractivity contribution in [1.82, 2.24) is 9.97 Å². The summed E-state index contributed by atoms with van der Waals surface area (Å²) >= 11 is 5.95. The number of anilines is 1. The van der Waals surface area contributed by atoms with Crippen LogP contribution in [0.5, 0.6) is 5.75 Å². The molecule has 0 atom stereocenters. The fourth-order valence-electron chi connectivity index (χ4n) is 1.97. The highest BCUT2D eigenvalue weighted by Crippen LogP contribution is 2.37. The van der Waals surface area contributed by atoms with Gasteiger partial charge in [0.15, 0.2) is 0 Å². The quantitative estimate of drug-likeness (QED) is 0.941. The van der Waals surface area contributed by atoms with Crippen molar-refractivity contribution in [2.45, 2.75) is 18.8 Å². The lowest BCUT2D eigenvalue weighted by Crippen LogP contribution is -2.12. The molecule has 1 amide bonds. The minimum atomic E-state index is -0.279. The molecule has 1 N–H and O–H groups in total. The number of nitrogens with zero attached hydrogens (tertiary/aromatic N) is 2. The van der Waals surface area contributed by atoms with Gasteiger partial charge in [-0.25, -0.2) is 9.97 Å². The molecule has 2 aromatic rings. The van der Waals surface area contributed by atoms with Crippen molar-refractivity contribution < 1.29 is 9.53 Å². The molecule has 1 fully saturated rings. The molecule has 1 aliphatic rings. The summed E-state index contributed by atoms with van der Waals surface area (Å²) < 4.78 is 5.10. The van der Waals surface area contributed by atoms with E-state index in [0.29, 0.717) is 27.9 Å². The number of carbonyl (C=O) groups excluding carboxylic acids is 1. The van der Waals surface area contributed by atoms with Crippen molar-refractivity contribution >= 4 is 23.2 Å². The maximum absolute atomic E-state index is 12.2. The van der Waals surface area contributed by atoms with Crippen molar-refractivity contribution in [1.29, 1.82) is 0 Å². The van der Waals surface area contributed by atoms with Crippen LogP contribution in [-0.4, -0.2) is 23.0 Å². The second-order valence-electron chi connectivity index (χ2n) is 4.94. The number of nitrogens with one attached hydrogen (secondary N) is 1. The van der Waals surface area contributed by atoms with Crippen LogP contribution in [0, 0.1) is 0 Å². The molecule has 0 unspecified atom stereocenters. The van der Waals surface area contributed by atoms with Crippen molar-refractivity contribution in [3.8, 4) is 5.75 Å². The van der Waals surface area contributed by atoms with Gasteiger partial charge in [0.25, 0.3) is 5.91 Å². The number of methoxy groups -OCH3 is 1. The minimum Gasteiger partial charge on any atom is -0.497 e. The summed E-state index contributed by atoms with van der Waals surface area (Å²) in [6.07, 6.45) is 5.54. The number of rotatable bonds is 4. The number of hydrogen-bond donors (Lipinski definition) is 1. The molecule has 1 aromatic carbocycles. The van der Waals surface area contributed by atoms with Gasteiger partial charge in [0.1, 0.15) is 11.6 Å². The molecular weight excluding hydrogens is 290 g/mol. The van der Waals surface area contributed by atoms with E-state index < -0.39 is 0 Å². The lowest BCUT2D eigenvalue weighted by molar-refractivity contribution is 0.102. The van der Waals surface area contributed by atoms with E-state index >= 15 is 0 Å². The van der Waals surface area contributed by atoms with Gasteiger partial charge >= 0.3 is 0 Å². The lowest BCUT2D eigenvalue weighted by atomic mass is 10.2. The molecule has 0 aliphatic heterocycles. The third-order valence-electron chi connectivity index (χ3n) is 3.24. The largest absolute Gasteiger partial charge is 0.497 e. The highest BCUT2D eigenvalue weighted by Gasteiger charge is 2.26. The molecule has 1 heterocycles. The Morgan fingerprint density at radius 2 is 2.00 bits per heavy atom. The number of hydrogen-bond acceptors (Lipinski definition) is 4. The second kappa shape index (κ2) is 5.69. The smallest absolute Gasteiger partial charge is 0.255 e. The maximum Gasteiger partial charge on any atom is 0.255 e. The van der Waals surface area contributed by atoms with Crippen LogP contribution in [-0.2, 0) is 0 Å². The first-order chi connectivity index (χ1) is 10.2. The van der Waals surface area contributed by atoms with Gasteiger partial charge in [-0.05, 0) is 31.0 Å². The van der Waals surface area contributed by atoms with Crippen LogP contribution in [0.1, 0.15) is 34.9 Å². The zero-order valence-electron chi connectivity index (χ0n) is 11.5. The average Bonchev–Trinajstić information content (AvgIpc) is 3.32. The Labute approximate surface area is 127 Å². The van der Waals surface area contributed by atoms with Crippen LogP contribution in [0.3, 0.4) is 0 Å². The predicted octanol–water partition coefficient (Wildman–Crippen LogP) is 3.27. The summed E-state index contributed by atoms with van der Waals surface area (Å²) in [4.78, 5) is 20.7.